The molecule has 0 aliphatic rings. The van der Waals surface area contributed by atoms with Crippen LogP contribution in [0.1, 0.15) is 45.6 Å². The Bertz CT molecular complexity index is 1050. The first-order valence-corrected chi connectivity index (χ1v) is 9.61. The second kappa shape index (κ2) is 9.34. The summed E-state index contributed by atoms with van der Waals surface area (Å²) in [5, 5.41) is 0.194. The number of carbonyl (C=O) groups is 2. The van der Waals surface area contributed by atoms with E-state index in [9.17, 15) is 9.59 Å². The van der Waals surface area contributed by atoms with E-state index in [0.717, 1.165) is 29.4 Å². The summed E-state index contributed by atoms with van der Waals surface area (Å²) < 4.78 is 6.66. The lowest BCUT2D eigenvalue weighted by molar-refractivity contribution is 0.0601. The first-order chi connectivity index (χ1) is 14.1. The van der Waals surface area contributed by atoms with Crippen LogP contribution >= 0.6 is 11.6 Å². The lowest BCUT2D eigenvalue weighted by Crippen LogP contribution is -2.06. The minimum atomic E-state index is -0.374. The Kier molecular flexibility index (Phi) is 6.62. The maximum Gasteiger partial charge on any atom is 0.338 e. The summed E-state index contributed by atoms with van der Waals surface area (Å²) in [6.07, 6.45) is 5.41. The van der Waals surface area contributed by atoms with Gasteiger partial charge in [0.05, 0.1) is 12.7 Å². The average molecular weight is 409 g/mol. The predicted octanol–water partition coefficient (Wildman–Crippen LogP) is 5.27. The number of allylic oxidation sites excluding steroid dienone is 1. The van der Waals surface area contributed by atoms with Crippen LogP contribution in [0.4, 0.5) is 0 Å². The molecule has 148 valence electrons. The lowest BCUT2D eigenvalue weighted by atomic mass is 9.98. The third-order valence-electron chi connectivity index (χ3n) is 4.54. The smallest absolute Gasteiger partial charge is 0.338 e. The van der Waals surface area contributed by atoms with Crippen molar-refractivity contribution in [2.24, 2.45) is 0 Å². The Balaban J connectivity index is 1.93. The standard InChI is InChI=1S/C23H21ClN2O3/c1-3-4-9-21-25-22(24)20(15-27)26(21)14-16-10-12-17(13-11-16)18-7-5-6-8-19(18)23(28)29-2/h4-13,15H,3,14H2,1-2H3. The molecule has 2 aromatic carbocycles. The van der Waals surface area contributed by atoms with Gasteiger partial charge in [-0.05, 0) is 35.3 Å². The van der Waals surface area contributed by atoms with E-state index in [1.165, 1.54) is 7.11 Å². The zero-order valence-electron chi connectivity index (χ0n) is 16.3. The van der Waals surface area contributed by atoms with Crippen molar-refractivity contribution in [3.63, 3.8) is 0 Å². The molecule has 0 N–H and O–H groups in total. The summed E-state index contributed by atoms with van der Waals surface area (Å²) in [5.41, 5.74) is 3.55. The second-order valence-electron chi connectivity index (χ2n) is 6.39. The predicted molar refractivity (Wildman–Crippen MR) is 114 cm³/mol. The molecule has 1 aromatic heterocycles. The maximum atomic E-state index is 12.0. The molecule has 5 nitrogen and oxygen atoms in total. The third kappa shape index (κ3) is 4.46. The van der Waals surface area contributed by atoms with Crippen molar-refractivity contribution in [3.8, 4) is 11.1 Å². The molecule has 0 saturated carbocycles. The summed E-state index contributed by atoms with van der Waals surface area (Å²) in [6.45, 7) is 2.48. The summed E-state index contributed by atoms with van der Waals surface area (Å²) in [5.74, 6) is 0.264. The Labute approximate surface area is 174 Å². The van der Waals surface area contributed by atoms with Gasteiger partial charge in [-0.1, -0.05) is 67.1 Å². The van der Waals surface area contributed by atoms with Gasteiger partial charge in [-0.15, -0.1) is 0 Å². The number of aldehydes is 1. The SMILES string of the molecule is CCC=Cc1nc(Cl)c(C=O)n1Cc1ccc(-c2ccccc2C(=O)OC)cc1. The van der Waals surface area contributed by atoms with E-state index in [1.807, 2.05) is 55.5 Å². The van der Waals surface area contributed by atoms with Crippen LogP contribution in [0.5, 0.6) is 0 Å². The monoisotopic (exact) mass is 408 g/mol. The number of aromatic nitrogens is 2. The van der Waals surface area contributed by atoms with Crippen molar-refractivity contribution in [2.75, 3.05) is 7.11 Å². The Morgan fingerprint density at radius 3 is 2.55 bits per heavy atom. The van der Waals surface area contributed by atoms with Gasteiger partial charge in [-0.25, -0.2) is 9.78 Å². The molecule has 0 atom stereocenters. The van der Waals surface area contributed by atoms with Gasteiger partial charge in [-0.3, -0.25) is 4.79 Å². The largest absolute Gasteiger partial charge is 0.465 e. The number of carbonyl (C=O) groups excluding carboxylic acids is 2. The molecular weight excluding hydrogens is 388 g/mol. The number of hydrogen-bond donors (Lipinski definition) is 0. The van der Waals surface area contributed by atoms with Crippen molar-refractivity contribution < 1.29 is 14.3 Å². The van der Waals surface area contributed by atoms with Crippen molar-refractivity contribution in [3.05, 3.63) is 82.4 Å². The molecule has 1 heterocycles. The zero-order valence-corrected chi connectivity index (χ0v) is 17.0. The van der Waals surface area contributed by atoms with Gasteiger partial charge in [0.15, 0.2) is 11.4 Å². The van der Waals surface area contributed by atoms with E-state index >= 15 is 0 Å². The fourth-order valence-corrected chi connectivity index (χ4v) is 3.31. The minimum Gasteiger partial charge on any atom is -0.465 e. The van der Waals surface area contributed by atoms with Gasteiger partial charge < -0.3 is 9.30 Å². The molecule has 0 unspecified atom stereocenters. The second-order valence-corrected chi connectivity index (χ2v) is 6.75. The number of imidazole rings is 1. The zero-order chi connectivity index (χ0) is 20.8. The Morgan fingerprint density at radius 2 is 1.90 bits per heavy atom. The molecule has 29 heavy (non-hydrogen) atoms. The first-order valence-electron chi connectivity index (χ1n) is 9.23. The van der Waals surface area contributed by atoms with E-state index < -0.39 is 0 Å². The molecule has 0 aliphatic heterocycles. The highest BCUT2D eigenvalue weighted by molar-refractivity contribution is 6.31. The molecule has 0 bridgehead atoms. The van der Waals surface area contributed by atoms with Gasteiger partial charge >= 0.3 is 5.97 Å². The van der Waals surface area contributed by atoms with Crippen LogP contribution in [-0.4, -0.2) is 28.9 Å². The molecule has 0 amide bonds. The van der Waals surface area contributed by atoms with Crippen LogP contribution in [0.2, 0.25) is 5.15 Å². The molecule has 0 radical (unpaired) electrons. The van der Waals surface area contributed by atoms with E-state index in [1.54, 1.807) is 16.7 Å². The van der Waals surface area contributed by atoms with Crippen LogP contribution in [0.25, 0.3) is 17.2 Å². The van der Waals surface area contributed by atoms with Crippen LogP contribution in [0.3, 0.4) is 0 Å². The number of esters is 1. The van der Waals surface area contributed by atoms with Crippen LogP contribution in [0, 0.1) is 0 Å². The Hall–Kier alpha value is -3.18. The molecule has 0 fully saturated rings. The molecule has 3 rings (SSSR count). The highest BCUT2D eigenvalue weighted by Crippen LogP contribution is 2.26. The number of methoxy groups -OCH3 is 1. The van der Waals surface area contributed by atoms with Crippen LogP contribution in [0.15, 0.2) is 54.6 Å². The van der Waals surface area contributed by atoms with E-state index in [2.05, 4.69) is 4.98 Å². The molecule has 0 spiro atoms. The quantitative estimate of drug-likeness (QED) is 0.394. The van der Waals surface area contributed by atoms with E-state index in [4.69, 9.17) is 16.3 Å². The molecule has 3 aromatic rings. The summed E-state index contributed by atoms with van der Waals surface area (Å²) in [7, 11) is 1.37. The van der Waals surface area contributed by atoms with Crippen LogP contribution < -0.4 is 0 Å². The highest BCUT2D eigenvalue weighted by Gasteiger charge is 2.15. The summed E-state index contributed by atoms with van der Waals surface area (Å²) in [4.78, 5) is 27.8. The number of halogens is 1. The highest BCUT2D eigenvalue weighted by atomic mass is 35.5. The molecule has 6 heteroatoms. The topological polar surface area (TPSA) is 61.2 Å². The normalized spacial score (nSPS) is 11.0. The number of hydrogen-bond acceptors (Lipinski definition) is 4. The van der Waals surface area contributed by atoms with Gasteiger partial charge in [0.1, 0.15) is 11.5 Å². The fraction of sp³-hybridized carbons (Fsp3) is 0.174. The molecular formula is C23H21ClN2O3. The minimum absolute atomic E-state index is 0.194. The summed E-state index contributed by atoms with van der Waals surface area (Å²) >= 11 is 6.12. The number of rotatable bonds is 7. The molecule has 0 aliphatic carbocycles. The van der Waals surface area contributed by atoms with Gasteiger partial charge in [0, 0.05) is 6.54 Å². The van der Waals surface area contributed by atoms with Crippen molar-refractivity contribution >= 4 is 29.9 Å². The van der Waals surface area contributed by atoms with Crippen molar-refractivity contribution in [1.29, 1.82) is 0 Å². The van der Waals surface area contributed by atoms with Crippen molar-refractivity contribution in [2.45, 2.75) is 19.9 Å². The maximum absolute atomic E-state index is 12.0. The van der Waals surface area contributed by atoms with Gasteiger partial charge in [0.2, 0.25) is 0 Å². The summed E-state index contributed by atoms with van der Waals surface area (Å²) in [6, 6.07) is 15.1. The van der Waals surface area contributed by atoms with E-state index in [0.29, 0.717) is 23.6 Å². The van der Waals surface area contributed by atoms with Crippen LogP contribution in [-0.2, 0) is 11.3 Å². The van der Waals surface area contributed by atoms with E-state index in [-0.39, 0.29) is 11.1 Å². The van der Waals surface area contributed by atoms with Crippen molar-refractivity contribution in [1.82, 2.24) is 9.55 Å². The van der Waals surface area contributed by atoms with Gasteiger partial charge in [-0.2, -0.15) is 0 Å². The number of benzene rings is 2. The molecule has 0 saturated heterocycles. The fourth-order valence-electron chi connectivity index (χ4n) is 3.08. The Morgan fingerprint density at radius 1 is 1.17 bits per heavy atom. The number of nitrogens with zero attached hydrogens (tertiary/aromatic N) is 2. The average Bonchev–Trinajstić information content (AvgIpc) is 3.06. The number of ether oxygens (including phenoxy) is 1. The van der Waals surface area contributed by atoms with Gasteiger partial charge in [0.25, 0.3) is 0 Å². The first kappa shape index (κ1) is 20.6. The third-order valence-corrected chi connectivity index (χ3v) is 4.82. The lowest BCUT2D eigenvalue weighted by Gasteiger charge is -2.11.